The molecule has 0 saturated heterocycles. The monoisotopic (exact) mass is 381 g/mol. The molecule has 28 heavy (non-hydrogen) atoms. The minimum atomic E-state index is -1.11. The number of aryl methyl sites for hydroxylation is 1. The zero-order chi connectivity index (χ0) is 19.8. The molecule has 2 N–H and O–H groups in total. The smallest absolute Gasteiger partial charge is 0.308 e. The molecule has 0 saturated carbocycles. The summed E-state index contributed by atoms with van der Waals surface area (Å²) in [6, 6.07) is 12.0. The molecule has 2 heterocycles. The number of nitrogens with zero attached hydrogens (tertiary/aromatic N) is 3. The van der Waals surface area contributed by atoms with Crippen molar-refractivity contribution in [2.24, 2.45) is 0 Å². The van der Waals surface area contributed by atoms with Crippen molar-refractivity contribution in [3.05, 3.63) is 66.2 Å². The Balaban J connectivity index is 1.61. The van der Waals surface area contributed by atoms with E-state index in [9.17, 15) is 9.59 Å². The quantitative estimate of drug-likeness (QED) is 0.571. The van der Waals surface area contributed by atoms with Crippen molar-refractivity contribution < 1.29 is 18.8 Å². The Morgan fingerprint density at radius 3 is 2.57 bits per heavy atom. The average molecular weight is 381 g/mol. The van der Waals surface area contributed by atoms with Crippen LogP contribution in [0.4, 0.5) is 11.8 Å². The van der Waals surface area contributed by atoms with E-state index in [1.54, 1.807) is 55.7 Å². The van der Waals surface area contributed by atoms with E-state index >= 15 is 0 Å². The van der Waals surface area contributed by atoms with E-state index in [0.717, 1.165) is 0 Å². The fourth-order valence-corrected chi connectivity index (χ4v) is 2.37. The van der Waals surface area contributed by atoms with Crippen molar-refractivity contribution in [3.8, 4) is 0 Å². The second kappa shape index (κ2) is 9.26. The maximum absolute atomic E-state index is 12.6. The van der Waals surface area contributed by atoms with Crippen molar-refractivity contribution in [2.75, 3.05) is 17.2 Å². The molecule has 0 radical (unpaired) electrons. The van der Waals surface area contributed by atoms with Gasteiger partial charge in [-0.1, -0.05) is 35.5 Å². The Labute approximate surface area is 161 Å². The normalized spacial score (nSPS) is 11.5. The molecule has 3 aromatic rings. The van der Waals surface area contributed by atoms with Crippen LogP contribution < -0.4 is 10.6 Å². The molecular weight excluding hydrogens is 362 g/mol. The zero-order valence-electron chi connectivity index (χ0n) is 15.2. The molecule has 0 aliphatic rings. The molecule has 1 atom stereocenters. The van der Waals surface area contributed by atoms with E-state index in [4.69, 9.17) is 9.26 Å². The fourth-order valence-electron chi connectivity index (χ4n) is 2.37. The number of anilines is 2. The van der Waals surface area contributed by atoms with E-state index in [1.807, 2.05) is 6.07 Å². The van der Waals surface area contributed by atoms with Crippen molar-refractivity contribution in [1.29, 1.82) is 0 Å². The van der Waals surface area contributed by atoms with Gasteiger partial charge in [-0.05, 0) is 13.0 Å². The molecule has 3 rings (SSSR count). The van der Waals surface area contributed by atoms with Crippen molar-refractivity contribution >= 4 is 23.6 Å². The zero-order valence-corrected chi connectivity index (χ0v) is 15.2. The number of rotatable bonds is 8. The van der Waals surface area contributed by atoms with Crippen LogP contribution in [-0.2, 0) is 14.3 Å². The Morgan fingerprint density at radius 1 is 1.14 bits per heavy atom. The second-order valence-electron chi connectivity index (χ2n) is 5.84. The summed E-state index contributed by atoms with van der Waals surface area (Å²) in [6.45, 7) is 1.98. The van der Waals surface area contributed by atoms with Crippen LogP contribution in [0.1, 0.15) is 23.8 Å². The number of nitrogens with one attached hydrogen (secondary N) is 2. The Bertz CT molecular complexity index is 914. The summed E-state index contributed by atoms with van der Waals surface area (Å²) in [4.78, 5) is 32.9. The third kappa shape index (κ3) is 5.37. The molecule has 2 aromatic heterocycles. The maximum Gasteiger partial charge on any atom is 0.308 e. The highest BCUT2D eigenvalue weighted by molar-refractivity contribution is 5.95. The first kappa shape index (κ1) is 19.0. The highest BCUT2D eigenvalue weighted by Gasteiger charge is 2.25. The van der Waals surface area contributed by atoms with Crippen LogP contribution in [0.25, 0.3) is 0 Å². The van der Waals surface area contributed by atoms with E-state index in [2.05, 4.69) is 25.8 Å². The van der Waals surface area contributed by atoms with Gasteiger partial charge >= 0.3 is 5.97 Å². The highest BCUT2D eigenvalue weighted by atomic mass is 16.5. The molecule has 1 unspecified atom stereocenters. The number of carbonyl (C=O) groups excluding carboxylic acids is 2. The number of amides is 1. The summed E-state index contributed by atoms with van der Waals surface area (Å²) < 4.78 is 10.4. The van der Waals surface area contributed by atoms with Crippen LogP contribution in [0.15, 0.2) is 59.4 Å². The van der Waals surface area contributed by atoms with Crippen LogP contribution >= 0.6 is 0 Å². The van der Waals surface area contributed by atoms with Crippen molar-refractivity contribution in [3.63, 3.8) is 0 Å². The minimum absolute atomic E-state index is 0.0396. The van der Waals surface area contributed by atoms with E-state index in [-0.39, 0.29) is 18.8 Å². The predicted octanol–water partition coefficient (Wildman–Crippen LogP) is 2.50. The fraction of sp³-hybridized carbons (Fsp3) is 0.211. The standard InChI is InChI=1S/C19H19N5O4/c1-13-12-15(24-28-13)23-18(26)17(14-6-3-2-4-7-14)27-16(25)8-11-22-19-20-9-5-10-21-19/h2-7,9-10,12,17H,8,11H2,1H3,(H,20,21,22)(H,23,24,26). The number of ether oxygens (including phenoxy) is 1. The molecule has 0 spiro atoms. The minimum Gasteiger partial charge on any atom is -0.447 e. The number of aromatic nitrogens is 3. The third-order valence-corrected chi connectivity index (χ3v) is 3.65. The van der Waals surface area contributed by atoms with Crippen LogP contribution in [0.3, 0.4) is 0 Å². The molecule has 0 aliphatic heterocycles. The maximum atomic E-state index is 12.6. The van der Waals surface area contributed by atoms with E-state index < -0.39 is 18.0 Å². The lowest BCUT2D eigenvalue weighted by molar-refractivity contribution is -0.154. The molecule has 0 bridgehead atoms. The van der Waals surface area contributed by atoms with E-state index in [1.165, 1.54) is 0 Å². The van der Waals surface area contributed by atoms with Crippen LogP contribution in [0.5, 0.6) is 0 Å². The molecule has 0 fully saturated rings. The summed E-state index contributed by atoms with van der Waals surface area (Å²) in [5.41, 5.74) is 0.549. The van der Waals surface area contributed by atoms with E-state index in [0.29, 0.717) is 17.3 Å². The first-order valence-electron chi connectivity index (χ1n) is 8.61. The van der Waals surface area contributed by atoms with Gasteiger partial charge in [0, 0.05) is 30.6 Å². The van der Waals surface area contributed by atoms with Gasteiger partial charge in [0.1, 0.15) is 5.76 Å². The molecule has 0 aliphatic carbocycles. The Kier molecular flexibility index (Phi) is 6.29. The first-order valence-corrected chi connectivity index (χ1v) is 8.61. The molecule has 9 heteroatoms. The average Bonchev–Trinajstić information content (AvgIpc) is 3.12. The van der Waals surface area contributed by atoms with Crippen LogP contribution in [0, 0.1) is 6.92 Å². The van der Waals surface area contributed by atoms with Gasteiger partial charge in [0.15, 0.2) is 5.82 Å². The van der Waals surface area contributed by atoms with Gasteiger partial charge in [-0.3, -0.25) is 9.59 Å². The second-order valence-corrected chi connectivity index (χ2v) is 5.84. The van der Waals surface area contributed by atoms with Gasteiger partial charge in [-0.15, -0.1) is 0 Å². The Morgan fingerprint density at radius 2 is 1.89 bits per heavy atom. The number of esters is 1. The lowest BCUT2D eigenvalue weighted by atomic mass is 10.1. The number of benzene rings is 1. The summed E-state index contributed by atoms with van der Waals surface area (Å²) in [7, 11) is 0. The summed E-state index contributed by atoms with van der Waals surface area (Å²) in [6.07, 6.45) is 2.11. The largest absolute Gasteiger partial charge is 0.447 e. The third-order valence-electron chi connectivity index (χ3n) is 3.65. The van der Waals surface area contributed by atoms with Crippen molar-refractivity contribution in [2.45, 2.75) is 19.4 Å². The summed E-state index contributed by atoms with van der Waals surface area (Å²) >= 11 is 0. The lowest BCUT2D eigenvalue weighted by Crippen LogP contribution is -2.26. The van der Waals surface area contributed by atoms with Crippen molar-refractivity contribution in [1.82, 2.24) is 15.1 Å². The topological polar surface area (TPSA) is 119 Å². The van der Waals surface area contributed by atoms with Gasteiger partial charge in [0.25, 0.3) is 5.91 Å². The predicted molar refractivity (Wildman–Crippen MR) is 100 cm³/mol. The number of hydrogen-bond donors (Lipinski definition) is 2. The molecule has 1 amide bonds. The van der Waals surface area contributed by atoms with Gasteiger partial charge in [0.05, 0.1) is 6.42 Å². The molecule has 9 nitrogen and oxygen atoms in total. The highest BCUT2D eigenvalue weighted by Crippen LogP contribution is 2.20. The first-order chi connectivity index (χ1) is 13.6. The summed E-state index contributed by atoms with van der Waals surface area (Å²) in [5, 5.41) is 9.23. The number of hydrogen-bond acceptors (Lipinski definition) is 8. The van der Waals surface area contributed by atoms with Crippen LogP contribution in [0.2, 0.25) is 0 Å². The van der Waals surface area contributed by atoms with Gasteiger partial charge in [-0.2, -0.15) is 0 Å². The van der Waals surface area contributed by atoms with Crippen LogP contribution in [-0.4, -0.2) is 33.5 Å². The Hall–Kier alpha value is -3.75. The van der Waals surface area contributed by atoms with Gasteiger partial charge in [-0.25, -0.2) is 9.97 Å². The lowest BCUT2D eigenvalue weighted by Gasteiger charge is -2.17. The molecular formula is C19H19N5O4. The van der Waals surface area contributed by atoms with Gasteiger partial charge < -0.3 is 19.9 Å². The van der Waals surface area contributed by atoms with Gasteiger partial charge in [0.2, 0.25) is 12.1 Å². The SMILES string of the molecule is Cc1cc(NC(=O)C(OC(=O)CCNc2ncccn2)c2ccccc2)no1. The number of carbonyl (C=O) groups is 2. The summed E-state index contributed by atoms with van der Waals surface area (Å²) in [5.74, 6) is 0.158. The molecule has 1 aromatic carbocycles. The molecule has 144 valence electrons.